The standard InChI is InChI=1S/C10H16N4O3S/c1-4-6-13-14-9(18-6)11-8(17)12-10(2,3)5-7(15)16/h4-5H2,1-3H3,(H,15,16)(H2,11,12,14,17). The number of anilines is 1. The van der Waals surface area contributed by atoms with Gasteiger partial charge in [-0.1, -0.05) is 18.3 Å². The fourth-order valence-corrected chi connectivity index (χ4v) is 1.98. The predicted molar refractivity (Wildman–Crippen MR) is 67.8 cm³/mol. The van der Waals surface area contributed by atoms with Crippen molar-refractivity contribution < 1.29 is 14.7 Å². The predicted octanol–water partition coefficient (Wildman–Crippen LogP) is 1.48. The summed E-state index contributed by atoms with van der Waals surface area (Å²) in [6.07, 6.45) is 0.599. The van der Waals surface area contributed by atoms with Crippen LogP contribution in [0, 0.1) is 0 Å². The monoisotopic (exact) mass is 272 g/mol. The summed E-state index contributed by atoms with van der Waals surface area (Å²) in [5.41, 5.74) is -0.825. The molecule has 0 aliphatic heterocycles. The van der Waals surface area contributed by atoms with E-state index >= 15 is 0 Å². The fourth-order valence-electron chi connectivity index (χ4n) is 1.30. The molecule has 7 nitrogen and oxygen atoms in total. The number of carbonyl (C=O) groups is 2. The summed E-state index contributed by atoms with van der Waals surface area (Å²) in [7, 11) is 0. The summed E-state index contributed by atoms with van der Waals surface area (Å²) in [6.45, 7) is 5.22. The van der Waals surface area contributed by atoms with Crippen molar-refractivity contribution in [3.05, 3.63) is 5.01 Å². The molecule has 1 heterocycles. The van der Waals surface area contributed by atoms with E-state index in [0.29, 0.717) is 5.13 Å². The highest BCUT2D eigenvalue weighted by Gasteiger charge is 2.24. The minimum Gasteiger partial charge on any atom is -0.481 e. The molecule has 0 aromatic carbocycles. The first-order chi connectivity index (χ1) is 8.32. The van der Waals surface area contributed by atoms with E-state index < -0.39 is 17.5 Å². The second kappa shape index (κ2) is 5.76. The maximum absolute atomic E-state index is 11.6. The molecule has 0 fully saturated rings. The number of aryl methyl sites for hydroxylation is 1. The third-order valence-corrected chi connectivity index (χ3v) is 3.02. The third kappa shape index (κ3) is 4.66. The summed E-state index contributed by atoms with van der Waals surface area (Å²) < 4.78 is 0. The Kier molecular flexibility index (Phi) is 4.60. The highest BCUT2D eigenvalue weighted by Crippen LogP contribution is 2.15. The number of nitrogens with one attached hydrogen (secondary N) is 2. The first-order valence-corrected chi connectivity index (χ1v) is 6.27. The van der Waals surface area contributed by atoms with Gasteiger partial charge in [-0.15, -0.1) is 10.2 Å². The van der Waals surface area contributed by atoms with Crippen LogP contribution in [-0.2, 0) is 11.2 Å². The average Bonchev–Trinajstić information content (AvgIpc) is 2.61. The largest absolute Gasteiger partial charge is 0.481 e. The molecule has 100 valence electrons. The summed E-state index contributed by atoms with van der Waals surface area (Å²) in [4.78, 5) is 22.2. The van der Waals surface area contributed by atoms with Gasteiger partial charge in [0, 0.05) is 5.54 Å². The number of carboxylic acids is 1. The SMILES string of the molecule is CCc1nnc(NC(=O)NC(C)(C)CC(=O)O)s1. The van der Waals surface area contributed by atoms with E-state index in [2.05, 4.69) is 20.8 Å². The van der Waals surface area contributed by atoms with E-state index in [4.69, 9.17) is 5.11 Å². The number of aliphatic carboxylic acids is 1. The van der Waals surface area contributed by atoms with Gasteiger partial charge in [-0.25, -0.2) is 4.79 Å². The molecule has 1 aromatic rings. The first kappa shape index (κ1) is 14.4. The number of carboxylic acid groups (broad SMARTS) is 1. The highest BCUT2D eigenvalue weighted by molar-refractivity contribution is 7.15. The quantitative estimate of drug-likeness (QED) is 0.753. The number of urea groups is 1. The van der Waals surface area contributed by atoms with Crippen molar-refractivity contribution in [3.8, 4) is 0 Å². The Balaban J connectivity index is 2.53. The zero-order chi connectivity index (χ0) is 13.8. The van der Waals surface area contributed by atoms with E-state index in [1.54, 1.807) is 13.8 Å². The second-order valence-electron chi connectivity index (χ2n) is 4.39. The van der Waals surface area contributed by atoms with E-state index in [0.717, 1.165) is 11.4 Å². The van der Waals surface area contributed by atoms with Crippen molar-refractivity contribution in [3.63, 3.8) is 0 Å². The number of nitrogens with zero attached hydrogens (tertiary/aromatic N) is 2. The molecule has 0 saturated heterocycles. The lowest BCUT2D eigenvalue weighted by Gasteiger charge is -2.23. The number of carbonyl (C=O) groups excluding carboxylic acids is 1. The van der Waals surface area contributed by atoms with Gasteiger partial charge >= 0.3 is 12.0 Å². The molecule has 0 aliphatic rings. The smallest absolute Gasteiger partial charge is 0.321 e. The molecular weight excluding hydrogens is 256 g/mol. The Morgan fingerprint density at radius 3 is 2.56 bits per heavy atom. The van der Waals surface area contributed by atoms with Crippen LogP contribution in [0.1, 0.15) is 32.2 Å². The van der Waals surface area contributed by atoms with Gasteiger partial charge in [-0.05, 0) is 20.3 Å². The molecule has 18 heavy (non-hydrogen) atoms. The van der Waals surface area contributed by atoms with Crippen LogP contribution >= 0.6 is 11.3 Å². The average molecular weight is 272 g/mol. The number of aromatic nitrogens is 2. The summed E-state index contributed by atoms with van der Waals surface area (Å²) in [5.74, 6) is -0.968. The molecule has 0 unspecified atom stereocenters. The minimum absolute atomic E-state index is 0.156. The molecule has 1 aromatic heterocycles. The lowest BCUT2D eigenvalue weighted by Crippen LogP contribution is -2.46. The van der Waals surface area contributed by atoms with Crippen molar-refractivity contribution >= 4 is 28.5 Å². The first-order valence-electron chi connectivity index (χ1n) is 5.46. The van der Waals surface area contributed by atoms with Gasteiger partial charge in [0.2, 0.25) is 5.13 Å². The lowest BCUT2D eigenvalue weighted by molar-refractivity contribution is -0.138. The van der Waals surface area contributed by atoms with Crippen molar-refractivity contribution in [2.75, 3.05) is 5.32 Å². The molecular formula is C10H16N4O3S. The minimum atomic E-state index is -0.968. The van der Waals surface area contributed by atoms with Crippen molar-refractivity contribution in [2.24, 2.45) is 0 Å². The number of rotatable bonds is 5. The van der Waals surface area contributed by atoms with E-state index in [9.17, 15) is 9.59 Å². The van der Waals surface area contributed by atoms with E-state index in [1.807, 2.05) is 6.92 Å². The number of hydrogen-bond donors (Lipinski definition) is 3. The molecule has 0 radical (unpaired) electrons. The normalized spacial score (nSPS) is 11.1. The number of hydrogen-bond acceptors (Lipinski definition) is 5. The zero-order valence-electron chi connectivity index (χ0n) is 10.5. The molecule has 0 atom stereocenters. The maximum atomic E-state index is 11.6. The Morgan fingerprint density at radius 1 is 1.39 bits per heavy atom. The van der Waals surface area contributed by atoms with Gasteiger partial charge in [0.1, 0.15) is 5.01 Å². The molecule has 0 saturated carbocycles. The van der Waals surface area contributed by atoms with Gasteiger partial charge in [0.15, 0.2) is 0 Å². The van der Waals surface area contributed by atoms with Crippen LogP contribution in [0.2, 0.25) is 0 Å². The van der Waals surface area contributed by atoms with Crippen LogP contribution in [0.15, 0.2) is 0 Å². The molecule has 3 N–H and O–H groups in total. The molecule has 2 amide bonds. The Morgan fingerprint density at radius 2 is 2.06 bits per heavy atom. The third-order valence-electron chi connectivity index (χ3n) is 2.03. The second-order valence-corrected chi connectivity index (χ2v) is 5.45. The van der Waals surface area contributed by atoms with Crippen LogP contribution in [-0.4, -0.2) is 32.8 Å². The molecule has 0 spiro atoms. The van der Waals surface area contributed by atoms with Gasteiger partial charge < -0.3 is 10.4 Å². The van der Waals surface area contributed by atoms with Gasteiger partial charge in [-0.2, -0.15) is 0 Å². The van der Waals surface area contributed by atoms with Gasteiger partial charge in [0.05, 0.1) is 6.42 Å². The van der Waals surface area contributed by atoms with E-state index in [-0.39, 0.29) is 6.42 Å². The topological polar surface area (TPSA) is 104 Å². The van der Waals surface area contributed by atoms with Gasteiger partial charge in [-0.3, -0.25) is 10.1 Å². The molecule has 8 heteroatoms. The Labute approximate surface area is 109 Å². The Bertz CT molecular complexity index is 444. The van der Waals surface area contributed by atoms with Crippen molar-refractivity contribution in [2.45, 2.75) is 39.2 Å². The van der Waals surface area contributed by atoms with Crippen LogP contribution in [0.5, 0.6) is 0 Å². The maximum Gasteiger partial charge on any atom is 0.321 e. The van der Waals surface area contributed by atoms with Gasteiger partial charge in [0.25, 0.3) is 0 Å². The molecule has 1 rings (SSSR count). The molecule has 0 aliphatic carbocycles. The summed E-state index contributed by atoms with van der Waals surface area (Å²) >= 11 is 1.29. The fraction of sp³-hybridized carbons (Fsp3) is 0.600. The summed E-state index contributed by atoms with van der Waals surface area (Å²) in [5, 5.41) is 22.7. The van der Waals surface area contributed by atoms with Crippen molar-refractivity contribution in [1.29, 1.82) is 0 Å². The summed E-state index contributed by atoms with van der Waals surface area (Å²) in [6, 6.07) is -0.486. The zero-order valence-corrected chi connectivity index (χ0v) is 11.3. The Hall–Kier alpha value is -1.70. The van der Waals surface area contributed by atoms with Crippen LogP contribution in [0.3, 0.4) is 0 Å². The van der Waals surface area contributed by atoms with Crippen LogP contribution < -0.4 is 10.6 Å². The van der Waals surface area contributed by atoms with E-state index in [1.165, 1.54) is 11.3 Å². The molecule has 0 bridgehead atoms. The van der Waals surface area contributed by atoms with Crippen LogP contribution in [0.4, 0.5) is 9.93 Å². The highest BCUT2D eigenvalue weighted by atomic mass is 32.1. The lowest BCUT2D eigenvalue weighted by atomic mass is 10.0. The van der Waals surface area contributed by atoms with Crippen LogP contribution in [0.25, 0.3) is 0 Å². The number of amides is 2. The van der Waals surface area contributed by atoms with Crippen molar-refractivity contribution in [1.82, 2.24) is 15.5 Å².